The molecule has 6 heteroatoms. The van der Waals surface area contributed by atoms with E-state index in [0.29, 0.717) is 29.5 Å². The van der Waals surface area contributed by atoms with Crippen molar-refractivity contribution in [1.82, 2.24) is 5.32 Å². The summed E-state index contributed by atoms with van der Waals surface area (Å²) >= 11 is 0. The molecule has 0 aromatic heterocycles. The maximum atomic E-state index is 11.7. The highest BCUT2D eigenvalue weighted by molar-refractivity contribution is 5.99. The van der Waals surface area contributed by atoms with E-state index in [1.165, 1.54) is 11.6 Å². The van der Waals surface area contributed by atoms with E-state index in [-0.39, 0.29) is 24.0 Å². The summed E-state index contributed by atoms with van der Waals surface area (Å²) < 4.78 is 0. The summed E-state index contributed by atoms with van der Waals surface area (Å²) in [4.78, 5) is 11.7. The van der Waals surface area contributed by atoms with Crippen LogP contribution in [-0.2, 0) is 13.0 Å². The molecule has 6 nitrogen and oxygen atoms in total. The summed E-state index contributed by atoms with van der Waals surface area (Å²) in [5.74, 6) is -0.354. The Balaban J connectivity index is 1.89. The zero-order valence-electron chi connectivity index (χ0n) is 17.7. The Morgan fingerprint density at radius 2 is 1.86 bits per heavy atom. The molecule has 1 aliphatic rings. The van der Waals surface area contributed by atoms with E-state index in [4.69, 9.17) is 0 Å². The van der Waals surface area contributed by atoms with Gasteiger partial charge in [0.25, 0.3) is 5.91 Å². The molecule has 1 aromatic rings. The van der Waals surface area contributed by atoms with E-state index < -0.39 is 11.7 Å². The average Bonchev–Trinajstić information content (AvgIpc) is 2.99. The largest absolute Gasteiger partial charge is 0.507 e. The van der Waals surface area contributed by atoms with Crippen molar-refractivity contribution in [3.8, 4) is 11.5 Å². The molecule has 1 aromatic carbocycles. The molecule has 0 fully saturated rings. The van der Waals surface area contributed by atoms with Gasteiger partial charge in [-0.25, -0.2) is 0 Å². The van der Waals surface area contributed by atoms with Crippen LogP contribution in [0.2, 0.25) is 0 Å². The van der Waals surface area contributed by atoms with Crippen molar-refractivity contribution in [3.63, 3.8) is 0 Å². The van der Waals surface area contributed by atoms with Crippen LogP contribution in [-0.4, -0.2) is 38.0 Å². The normalized spacial score (nSPS) is 16.0. The summed E-state index contributed by atoms with van der Waals surface area (Å²) in [6, 6.07) is 1.42. The van der Waals surface area contributed by atoms with Crippen molar-refractivity contribution in [2.45, 2.75) is 78.0 Å². The number of carbonyl (C=O) groups excluding carboxylic acids is 1. The number of phenols is 2. The second-order valence-corrected chi connectivity index (χ2v) is 8.48. The Bertz CT molecular complexity index is 818. The minimum absolute atomic E-state index is 0.0106. The molecular formula is C23H33NO5. The van der Waals surface area contributed by atoms with Gasteiger partial charge in [0.15, 0.2) is 0 Å². The molecule has 0 bridgehead atoms. The summed E-state index contributed by atoms with van der Waals surface area (Å²) in [7, 11) is 0. The average molecular weight is 404 g/mol. The summed E-state index contributed by atoms with van der Waals surface area (Å²) in [5, 5.41) is 42.9. The first-order valence-corrected chi connectivity index (χ1v) is 10.1. The number of aromatic hydroxyl groups is 2. The number of allylic oxidation sites excluding steroid dienone is 4. The number of hydrogen-bond donors (Lipinski definition) is 5. The molecule has 0 aliphatic carbocycles. The topological polar surface area (TPSA) is 110 Å². The Kier molecular flexibility index (Phi) is 7.49. The summed E-state index contributed by atoms with van der Waals surface area (Å²) in [5.41, 5.74) is 2.54. The number of aliphatic hydroxyl groups excluding tert-OH is 1. The van der Waals surface area contributed by atoms with Gasteiger partial charge in [0, 0.05) is 17.7 Å². The predicted molar refractivity (Wildman–Crippen MR) is 113 cm³/mol. The number of nitrogens with one attached hydrogen (secondary N) is 1. The van der Waals surface area contributed by atoms with E-state index in [2.05, 4.69) is 11.4 Å². The van der Waals surface area contributed by atoms with Gasteiger partial charge in [0.1, 0.15) is 11.5 Å². The van der Waals surface area contributed by atoms with Gasteiger partial charge in [-0.05, 0) is 65.9 Å². The van der Waals surface area contributed by atoms with Gasteiger partial charge in [0.2, 0.25) is 0 Å². The Labute approximate surface area is 172 Å². The summed E-state index contributed by atoms with van der Waals surface area (Å²) in [6.07, 6.45) is 6.72. The van der Waals surface area contributed by atoms with Crippen LogP contribution in [0, 0.1) is 0 Å². The lowest BCUT2D eigenvalue weighted by molar-refractivity contribution is -0.0509. The van der Waals surface area contributed by atoms with Crippen molar-refractivity contribution in [2.75, 3.05) is 0 Å². The van der Waals surface area contributed by atoms with Crippen LogP contribution >= 0.6 is 0 Å². The first-order valence-electron chi connectivity index (χ1n) is 10.1. The molecule has 1 heterocycles. The first-order chi connectivity index (χ1) is 13.5. The van der Waals surface area contributed by atoms with E-state index in [0.717, 1.165) is 24.8 Å². The van der Waals surface area contributed by atoms with E-state index in [1.54, 1.807) is 13.8 Å². The Hall–Kier alpha value is -2.31. The number of hydrogen-bond acceptors (Lipinski definition) is 5. The second-order valence-electron chi connectivity index (χ2n) is 8.48. The number of phenolic OH excluding ortho intramolecular Hbond substituents is 2. The van der Waals surface area contributed by atoms with E-state index >= 15 is 0 Å². The van der Waals surface area contributed by atoms with Crippen LogP contribution in [0.4, 0.5) is 0 Å². The first kappa shape index (κ1) is 23.0. The molecule has 0 spiro atoms. The molecule has 0 saturated heterocycles. The Morgan fingerprint density at radius 3 is 2.52 bits per heavy atom. The van der Waals surface area contributed by atoms with Crippen LogP contribution in [0.3, 0.4) is 0 Å². The molecule has 5 N–H and O–H groups in total. The number of amides is 1. The minimum Gasteiger partial charge on any atom is -0.507 e. The fraction of sp³-hybridized carbons (Fsp3) is 0.522. The highest BCUT2D eigenvalue weighted by Crippen LogP contribution is 2.36. The van der Waals surface area contributed by atoms with Crippen LogP contribution < -0.4 is 5.32 Å². The molecule has 0 unspecified atom stereocenters. The van der Waals surface area contributed by atoms with Crippen LogP contribution in [0.25, 0.3) is 0 Å². The quantitative estimate of drug-likeness (QED) is 0.406. The lowest BCUT2D eigenvalue weighted by Gasteiger charge is -2.24. The highest BCUT2D eigenvalue weighted by Gasteiger charge is 2.26. The van der Waals surface area contributed by atoms with Crippen molar-refractivity contribution in [1.29, 1.82) is 0 Å². The molecule has 1 aliphatic heterocycles. The third-order valence-electron chi connectivity index (χ3n) is 5.47. The number of aliphatic hydroxyl groups is 2. The number of carbonyl (C=O) groups is 1. The lowest BCUT2D eigenvalue weighted by Crippen LogP contribution is -2.35. The number of benzene rings is 1. The number of fused-ring (bicyclic) bond motifs is 1. The van der Waals surface area contributed by atoms with Crippen molar-refractivity contribution in [3.05, 3.63) is 46.1 Å². The van der Waals surface area contributed by atoms with E-state index in [1.807, 2.05) is 19.9 Å². The molecule has 1 amide bonds. The third-order valence-corrected chi connectivity index (χ3v) is 5.47. The molecule has 2 rings (SSSR count). The zero-order chi connectivity index (χ0) is 21.8. The SMILES string of the molecule is C/C(=C/Cc1c(O)cc2c(c1O)CNC2=O)CC/C=C(/C)CC[C@H](O)C(C)(C)O. The summed E-state index contributed by atoms with van der Waals surface area (Å²) in [6.45, 7) is 7.52. The predicted octanol–water partition coefficient (Wildman–Crippen LogP) is 3.47. The molecule has 0 saturated carbocycles. The fourth-order valence-corrected chi connectivity index (χ4v) is 3.33. The standard InChI is InChI=1S/C23H33NO5/c1-14(6-5-7-15(2)9-11-20(26)23(3,4)29)8-10-16-19(25)12-17-18(21(16)27)13-24-22(17)28/h7-8,12,20,25-27,29H,5-6,9-11,13H2,1-4H3,(H,24,28)/b14-8-,15-7-/t20-/m0/s1. The molecule has 29 heavy (non-hydrogen) atoms. The molecule has 1 atom stereocenters. The van der Waals surface area contributed by atoms with Gasteiger partial charge in [-0.1, -0.05) is 23.3 Å². The van der Waals surface area contributed by atoms with Crippen LogP contribution in [0.5, 0.6) is 11.5 Å². The van der Waals surface area contributed by atoms with Gasteiger partial charge >= 0.3 is 0 Å². The van der Waals surface area contributed by atoms with Crippen molar-refractivity contribution >= 4 is 5.91 Å². The van der Waals surface area contributed by atoms with Gasteiger partial charge < -0.3 is 25.7 Å². The fourth-order valence-electron chi connectivity index (χ4n) is 3.33. The van der Waals surface area contributed by atoms with Crippen molar-refractivity contribution in [2.24, 2.45) is 0 Å². The van der Waals surface area contributed by atoms with E-state index in [9.17, 15) is 25.2 Å². The molecular weight excluding hydrogens is 370 g/mol. The second kappa shape index (κ2) is 9.46. The zero-order valence-corrected chi connectivity index (χ0v) is 17.7. The molecule has 160 valence electrons. The smallest absolute Gasteiger partial charge is 0.252 e. The van der Waals surface area contributed by atoms with Gasteiger partial charge in [-0.3, -0.25) is 4.79 Å². The highest BCUT2D eigenvalue weighted by atomic mass is 16.3. The van der Waals surface area contributed by atoms with Gasteiger partial charge in [-0.15, -0.1) is 0 Å². The molecule has 0 radical (unpaired) electrons. The van der Waals surface area contributed by atoms with Crippen LogP contribution in [0.1, 0.15) is 74.9 Å². The van der Waals surface area contributed by atoms with Crippen molar-refractivity contribution < 1.29 is 25.2 Å². The third kappa shape index (κ3) is 6.08. The Morgan fingerprint density at radius 1 is 1.21 bits per heavy atom. The monoisotopic (exact) mass is 403 g/mol. The number of rotatable bonds is 9. The van der Waals surface area contributed by atoms with Crippen LogP contribution in [0.15, 0.2) is 29.4 Å². The maximum Gasteiger partial charge on any atom is 0.252 e. The van der Waals surface area contributed by atoms with Gasteiger partial charge in [0.05, 0.1) is 17.3 Å². The maximum absolute atomic E-state index is 11.7. The minimum atomic E-state index is -1.09. The van der Waals surface area contributed by atoms with Gasteiger partial charge in [-0.2, -0.15) is 0 Å². The lowest BCUT2D eigenvalue weighted by atomic mass is 9.95.